The van der Waals surface area contributed by atoms with Crippen LogP contribution in [-0.2, 0) is 17.7 Å². The second-order valence-corrected chi connectivity index (χ2v) is 7.09. The van der Waals surface area contributed by atoms with Crippen LogP contribution in [0, 0.1) is 0 Å². The van der Waals surface area contributed by atoms with Crippen LogP contribution in [0.4, 0.5) is 0 Å². The Hall–Kier alpha value is -1.22. The number of aliphatic imine (C=N–C) groups is 1. The molecule has 1 aromatic rings. The van der Waals surface area contributed by atoms with E-state index in [9.17, 15) is 0 Å². The van der Waals surface area contributed by atoms with Crippen LogP contribution in [0.2, 0.25) is 0 Å². The molecule has 1 saturated heterocycles. The third-order valence-corrected chi connectivity index (χ3v) is 4.90. The average molecular weight is 475 g/mol. The van der Waals surface area contributed by atoms with Gasteiger partial charge in [-0.2, -0.15) is 0 Å². The van der Waals surface area contributed by atoms with E-state index in [1.807, 2.05) is 0 Å². The van der Waals surface area contributed by atoms with Gasteiger partial charge in [0.1, 0.15) is 17.6 Å². The number of benzene rings is 1. The van der Waals surface area contributed by atoms with Gasteiger partial charge < -0.3 is 24.8 Å². The Bertz CT molecular complexity index is 645. The summed E-state index contributed by atoms with van der Waals surface area (Å²) < 4.78 is 17.2. The molecule has 7 heteroatoms. The number of fused-ring (bicyclic) bond motifs is 1. The summed E-state index contributed by atoms with van der Waals surface area (Å²) in [7, 11) is 3.48. The van der Waals surface area contributed by atoms with Gasteiger partial charge in [-0.3, -0.25) is 4.99 Å². The van der Waals surface area contributed by atoms with Gasteiger partial charge in [0.25, 0.3) is 0 Å². The van der Waals surface area contributed by atoms with Crippen molar-refractivity contribution in [3.63, 3.8) is 0 Å². The Balaban J connectivity index is 0.00000243. The van der Waals surface area contributed by atoms with Crippen LogP contribution in [0.15, 0.2) is 17.1 Å². The van der Waals surface area contributed by atoms with E-state index in [-0.39, 0.29) is 35.7 Å². The van der Waals surface area contributed by atoms with Crippen molar-refractivity contribution in [3.05, 3.63) is 23.3 Å². The number of rotatable bonds is 5. The van der Waals surface area contributed by atoms with Gasteiger partial charge in [0.05, 0.1) is 12.7 Å². The highest BCUT2D eigenvalue weighted by atomic mass is 127. The maximum absolute atomic E-state index is 5.86. The minimum Gasteiger partial charge on any atom is -0.496 e. The monoisotopic (exact) mass is 475 g/mol. The predicted octanol–water partition coefficient (Wildman–Crippen LogP) is 2.87. The highest BCUT2D eigenvalue weighted by Gasteiger charge is 2.29. The van der Waals surface area contributed by atoms with Crippen molar-refractivity contribution in [2.45, 2.75) is 51.4 Å². The molecule has 2 N–H and O–H groups in total. The Morgan fingerprint density at radius 1 is 1.38 bits per heavy atom. The molecule has 0 radical (unpaired) electrons. The van der Waals surface area contributed by atoms with E-state index in [1.54, 1.807) is 14.2 Å². The number of ether oxygens (including phenoxy) is 3. The molecule has 2 heterocycles. The van der Waals surface area contributed by atoms with Crippen molar-refractivity contribution in [2.24, 2.45) is 4.99 Å². The summed E-state index contributed by atoms with van der Waals surface area (Å²) in [6, 6.07) is 4.15. The molecule has 0 saturated carbocycles. The molecule has 1 aromatic carbocycles. The van der Waals surface area contributed by atoms with Crippen LogP contribution in [0.1, 0.15) is 37.8 Å². The Morgan fingerprint density at radius 3 is 2.85 bits per heavy atom. The Morgan fingerprint density at radius 2 is 2.19 bits per heavy atom. The summed E-state index contributed by atoms with van der Waals surface area (Å²) in [6.07, 6.45) is 3.35. The third kappa shape index (κ3) is 4.94. The molecule has 0 bridgehead atoms. The van der Waals surface area contributed by atoms with Gasteiger partial charge in [0.15, 0.2) is 5.96 Å². The lowest BCUT2D eigenvalue weighted by Gasteiger charge is -2.24. The fraction of sp³-hybridized carbons (Fsp3) is 0.632. The summed E-state index contributed by atoms with van der Waals surface area (Å²) >= 11 is 0. The van der Waals surface area contributed by atoms with E-state index >= 15 is 0 Å². The van der Waals surface area contributed by atoms with Gasteiger partial charge in [0.2, 0.25) is 0 Å². The molecule has 2 aliphatic rings. The number of nitrogens with zero attached hydrogens (tertiary/aromatic N) is 1. The van der Waals surface area contributed by atoms with Gasteiger partial charge in [-0.15, -0.1) is 24.0 Å². The molecule has 0 aromatic heterocycles. The average Bonchev–Trinajstić information content (AvgIpc) is 3.18. The summed E-state index contributed by atoms with van der Waals surface area (Å²) in [5.74, 6) is 2.60. The van der Waals surface area contributed by atoms with Crippen molar-refractivity contribution < 1.29 is 14.2 Å². The Kier molecular flexibility index (Phi) is 7.40. The minimum atomic E-state index is -0.104. The topological polar surface area (TPSA) is 64.1 Å². The molecule has 0 spiro atoms. The molecule has 1 fully saturated rings. The van der Waals surface area contributed by atoms with E-state index in [4.69, 9.17) is 14.2 Å². The van der Waals surface area contributed by atoms with Crippen LogP contribution in [0.5, 0.6) is 11.5 Å². The summed E-state index contributed by atoms with van der Waals surface area (Å²) in [5.41, 5.74) is 2.16. The summed E-state index contributed by atoms with van der Waals surface area (Å²) in [6.45, 7) is 6.43. The van der Waals surface area contributed by atoms with Crippen LogP contribution in [-0.4, -0.2) is 45.0 Å². The SMILES string of the molecule is CN=C(NCc1cc2c(cc1OC)CC(C)O2)NCC1(C)CCCO1.I. The second kappa shape index (κ2) is 9.12. The fourth-order valence-corrected chi connectivity index (χ4v) is 3.46. The van der Waals surface area contributed by atoms with E-state index in [0.717, 1.165) is 55.4 Å². The number of guanidine groups is 1. The van der Waals surface area contributed by atoms with Crippen LogP contribution in [0.25, 0.3) is 0 Å². The molecule has 2 unspecified atom stereocenters. The highest BCUT2D eigenvalue weighted by Crippen LogP contribution is 2.34. The smallest absolute Gasteiger partial charge is 0.191 e. The standard InChI is InChI=1S/C19H29N3O3.HI/c1-13-8-14-9-16(23-4)15(10-17(14)25-13)11-21-18(20-3)22-12-19(2)6-5-7-24-19;/h9-10,13H,5-8,11-12H2,1-4H3,(H2,20,21,22);1H. The number of methoxy groups -OCH3 is 1. The largest absolute Gasteiger partial charge is 0.496 e. The summed E-state index contributed by atoms with van der Waals surface area (Å²) in [4.78, 5) is 4.30. The van der Waals surface area contributed by atoms with Gasteiger partial charge in [-0.25, -0.2) is 0 Å². The molecular formula is C19H30IN3O3. The lowest BCUT2D eigenvalue weighted by molar-refractivity contribution is 0.0243. The first kappa shape index (κ1) is 21.1. The molecular weight excluding hydrogens is 445 g/mol. The summed E-state index contributed by atoms with van der Waals surface area (Å²) in [5, 5.41) is 6.71. The first-order chi connectivity index (χ1) is 12.0. The molecule has 0 aliphatic carbocycles. The highest BCUT2D eigenvalue weighted by molar-refractivity contribution is 14.0. The number of hydrogen-bond acceptors (Lipinski definition) is 4. The lowest BCUT2D eigenvalue weighted by atomic mass is 10.0. The normalized spacial score (nSPS) is 24.5. The molecule has 2 atom stereocenters. The van der Waals surface area contributed by atoms with Crippen molar-refractivity contribution in [3.8, 4) is 11.5 Å². The zero-order valence-corrected chi connectivity index (χ0v) is 18.4. The second-order valence-electron chi connectivity index (χ2n) is 7.09. The lowest BCUT2D eigenvalue weighted by Crippen LogP contribution is -2.45. The van der Waals surface area contributed by atoms with E-state index in [1.165, 1.54) is 5.56 Å². The van der Waals surface area contributed by atoms with Crippen molar-refractivity contribution in [1.29, 1.82) is 0 Å². The maximum atomic E-state index is 5.86. The van der Waals surface area contributed by atoms with E-state index < -0.39 is 0 Å². The van der Waals surface area contributed by atoms with Gasteiger partial charge in [0, 0.05) is 44.3 Å². The van der Waals surface area contributed by atoms with Crippen LogP contribution >= 0.6 is 24.0 Å². The van der Waals surface area contributed by atoms with Gasteiger partial charge in [-0.05, 0) is 38.8 Å². The van der Waals surface area contributed by atoms with Crippen molar-refractivity contribution in [1.82, 2.24) is 10.6 Å². The molecule has 146 valence electrons. The zero-order valence-electron chi connectivity index (χ0n) is 16.1. The van der Waals surface area contributed by atoms with Crippen LogP contribution in [0.3, 0.4) is 0 Å². The molecule has 6 nitrogen and oxygen atoms in total. The minimum absolute atomic E-state index is 0. The zero-order chi connectivity index (χ0) is 17.9. The number of halogens is 1. The first-order valence-electron chi connectivity index (χ1n) is 8.98. The predicted molar refractivity (Wildman–Crippen MR) is 114 cm³/mol. The van der Waals surface area contributed by atoms with Gasteiger partial charge in [-0.1, -0.05) is 0 Å². The first-order valence-corrected chi connectivity index (χ1v) is 8.98. The van der Waals surface area contributed by atoms with E-state index in [2.05, 4.69) is 41.6 Å². The third-order valence-electron chi connectivity index (χ3n) is 4.90. The molecule has 26 heavy (non-hydrogen) atoms. The molecule has 0 amide bonds. The van der Waals surface area contributed by atoms with Crippen molar-refractivity contribution >= 4 is 29.9 Å². The Labute approximate surface area is 173 Å². The number of hydrogen-bond donors (Lipinski definition) is 2. The van der Waals surface area contributed by atoms with Crippen LogP contribution < -0.4 is 20.1 Å². The van der Waals surface area contributed by atoms with Crippen molar-refractivity contribution in [2.75, 3.05) is 27.3 Å². The molecule has 3 rings (SSSR count). The number of nitrogens with one attached hydrogen (secondary N) is 2. The molecule has 2 aliphatic heterocycles. The van der Waals surface area contributed by atoms with Gasteiger partial charge >= 0.3 is 0 Å². The van der Waals surface area contributed by atoms with E-state index in [0.29, 0.717) is 6.54 Å². The maximum Gasteiger partial charge on any atom is 0.191 e. The quantitative estimate of drug-likeness (QED) is 0.390. The fourth-order valence-electron chi connectivity index (χ4n) is 3.46.